The number of nitrogens with one attached hydrogen (secondary N) is 2. The minimum Gasteiger partial charge on any atom is -0.379 e. The average Bonchev–Trinajstić information content (AvgIpc) is 2.65. The zero-order valence-corrected chi connectivity index (χ0v) is 19.5. The topological polar surface area (TPSA) is 48.9 Å². The molecular weight excluding hydrogens is 451 g/mol. The maximum Gasteiger partial charge on any atom is 0.191 e. The van der Waals surface area contributed by atoms with Gasteiger partial charge in [0.05, 0.1) is 19.8 Å². The van der Waals surface area contributed by atoms with Crippen molar-refractivity contribution < 1.29 is 4.74 Å². The van der Waals surface area contributed by atoms with E-state index in [-0.39, 0.29) is 24.0 Å². The van der Waals surface area contributed by atoms with Gasteiger partial charge in [-0.2, -0.15) is 0 Å². The van der Waals surface area contributed by atoms with Crippen LogP contribution in [-0.4, -0.2) is 50.3 Å². The van der Waals surface area contributed by atoms with Crippen LogP contribution < -0.4 is 10.6 Å². The molecule has 1 fully saturated rings. The molecule has 0 aliphatic carbocycles. The van der Waals surface area contributed by atoms with Crippen LogP contribution in [0, 0.1) is 5.92 Å². The third-order valence-corrected chi connectivity index (χ3v) is 4.55. The average molecular weight is 488 g/mol. The first kappa shape index (κ1) is 24.2. The highest BCUT2D eigenvalue weighted by Gasteiger charge is 2.10. The van der Waals surface area contributed by atoms with E-state index in [0.717, 1.165) is 57.8 Å². The van der Waals surface area contributed by atoms with Gasteiger partial charge >= 0.3 is 0 Å². The number of hydrogen-bond acceptors (Lipinski definition) is 3. The van der Waals surface area contributed by atoms with Crippen LogP contribution in [0.4, 0.5) is 0 Å². The van der Waals surface area contributed by atoms with Crippen molar-refractivity contribution in [2.24, 2.45) is 10.9 Å². The van der Waals surface area contributed by atoms with E-state index in [2.05, 4.69) is 60.6 Å². The Bertz CT molecular complexity index is 527. The fourth-order valence-corrected chi connectivity index (χ4v) is 3.00. The second kappa shape index (κ2) is 14.2. The van der Waals surface area contributed by atoms with Crippen LogP contribution in [0.25, 0.3) is 0 Å². The molecule has 0 saturated carbocycles. The van der Waals surface area contributed by atoms with Crippen LogP contribution >= 0.6 is 24.0 Å². The summed E-state index contributed by atoms with van der Waals surface area (Å²) in [6, 6.07) is 8.84. The zero-order chi connectivity index (χ0) is 18.6. The summed E-state index contributed by atoms with van der Waals surface area (Å²) in [6.07, 6.45) is 2.43. The first-order valence-electron chi connectivity index (χ1n) is 10.1. The summed E-state index contributed by atoms with van der Waals surface area (Å²) in [6.45, 7) is 14.0. The molecule has 1 aliphatic heterocycles. The molecule has 0 aromatic heterocycles. The Hall–Kier alpha value is -0.860. The molecule has 6 heteroatoms. The molecule has 1 heterocycles. The first-order chi connectivity index (χ1) is 12.7. The lowest BCUT2D eigenvalue weighted by Crippen LogP contribution is -2.37. The molecule has 0 bridgehead atoms. The van der Waals surface area contributed by atoms with E-state index in [4.69, 9.17) is 9.73 Å². The molecule has 0 unspecified atom stereocenters. The number of benzene rings is 1. The molecule has 1 aliphatic rings. The third-order valence-electron chi connectivity index (χ3n) is 4.55. The number of nitrogens with zero attached hydrogens (tertiary/aromatic N) is 2. The summed E-state index contributed by atoms with van der Waals surface area (Å²) in [5, 5.41) is 6.76. The monoisotopic (exact) mass is 488 g/mol. The maximum absolute atomic E-state index is 5.41. The minimum absolute atomic E-state index is 0. The number of rotatable bonds is 9. The van der Waals surface area contributed by atoms with Crippen molar-refractivity contribution in [1.29, 1.82) is 0 Å². The predicted molar refractivity (Wildman–Crippen MR) is 125 cm³/mol. The number of guanidine groups is 1. The van der Waals surface area contributed by atoms with Gasteiger partial charge in [0.25, 0.3) is 0 Å². The van der Waals surface area contributed by atoms with Gasteiger partial charge in [-0.05, 0) is 36.8 Å². The van der Waals surface area contributed by atoms with E-state index in [1.807, 2.05) is 0 Å². The van der Waals surface area contributed by atoms with Crippen molar-refractivity contribution in [1.82, 2.24) is 15.5 Å². The van der Waals surface area contributed by atoms with Crippen molar-refractivity contribution >= 4 is 29.9 Å². The SMILES string of the molecule is CCNC(=NCc1ccc(CN2CCOCC2)cc1)NCCCC(C)C.I. The molecule has 154 valence electrons. The van der Waals surface area contributed by atoms with Gasteiger partial charge in [-0.3, -0.25) is 4.90 Å². The number of hydrogen-bond donors (Lipinski definition) is 2. The van der Waals surface area contributed by atoms with E-state index in [1.54, 1.807) is 0 Å². The highest BCUT2D eigenvalue weighted by atomic mass is 127. The zero-order valence-electron chi connectivity index (χ0n) is 17.2. The maximum atomic E-state index is 5.41. The molecule has 1 aromatic rings. The molecule has 1 saturated heterocycles. The van der Waals surface area contributed by atoms with Crippen LogP contribution in [0.5, 0.6) is 0 Å². The Morgan fingerprint density at radius 1 is 1.11 bits per heavy atom. The Morgan fingerprint density at radius 2 is 1.78 bits per heavy atom. The molecule has 1 aromatic carbocycles. The van der Waals surface area contributed by atoms with Crippen molar-refractivity contribution in [3.8, 4) is 0 Å². The highest BCUT2D eigenvalue weighted by Crippen LogP contribution is 2.10. The van der Waals surface area contributed by atoms with E-state index in [0.29, 0.717) is 6.54 Å². The van der Waals surface area contributed by atoms with Crippen molar-refractivity contribution in [2.75, 3.05) is 39.4 Å². The van der Waals surface area contributed by atoms with Crippen molar-refractivity contribution in [3.05, 3.63) is 35.4 Å². The Morgan fingerprint density at radius 3 is 2.41 bits per heavy atom. The van der Waals surface area contributed by atoms with Crippen LogP contribution in [0.2, 0.25) is 0 Å². The molecule has 5 nitrogen and oxygen atoms in total. The van der Waals surface area contributed by atoms with Gasteiger partial charge in [0.2, 0.25) is 0 Å². The molecule has 0 atom stereocenters. The lowest BCUT2D eigenvalue weighted by molar-refractivity contribution is 0.0342. The summed E-state index contributed by atoms with van der Waals surface area (Å²) in [5.41, 5.74) is 2.61. The number of ether oxygens (including phenoxy) is 1. The van der Waals surface area contributed by atoms with E-state index < -0.39 is 0 Å². The van der Waals surface area contributed by atoms with Gasteiger partial charge in [0.1, 0.15) is 0 Å². The summed E-state index contributed by atoms with van der Waals surface area (Å²) in [4.78, 5) is 7.16. The molecular formula is C21H37IN4O. The van der Waals surface area contributed by atoms with E-state index >= 15 is 0 Å². The third kappa shape index (κ3) is 10.3. The van der Waals surface area contributed by atoms with E-state index in [1.165, 1.54) is 24.0 Å². The lowest BCUT2D eigenvalue weighted by Gasteiger charge is -2.26. The minimum atomic E-state index is 0. The molecule has 2 N–H and O–H groups in total. The van der Waals surface area contributed by atoms with Crippen molar-refractivity contribution in [2.45, 2.75) is 46.7 Å². The quantitative estimate of drug-likeness (QED) is 0.241. The second-order valence-corrected chi connectivity index (χ2v) is 7.36. The molecule has 2 rings (SSSR count). The fraction of sp³-hybridized carbons (Fsp3) is 0.667. The molecule has 0 radical (unpaired) electrons. The molecule has 27 heavy (non-hydrogen) atoms. The van der Waals surface area contributed by atoms with Gasteiger partial charge in [0, 0.05) is 32.7 Å². The Kier molecular flexibility index (Phi) is 12.7. The van der Waals surface area contributed by atoms with Crippen molar-refractivity contribution in [3.63, 3.8) is 0 Å². The predicted octanol–water partition coefficient (Wildman–Crippen LogP) is 3.63. The summed E-state index contributed by atoms with van der Waals surface area (Å²) >= 11 is 0. The smallest absolute Gasteiger partial charge is 0.191 e. The van der Waals surface area contributed by atoms with Crippen LogP contribution in [-0.2, 0) is 17.8 Å². The van der Waals surface area contributed by atoms with Gasteiger partial charge in [0.15, 0.2) is 5.96 Å². The fourth-order valence-electron chi connectivity index (χ4n) is 3.00. The van der Waals surface area contributed by atoms with Crippen LogP contribution in [0.3, 0.4) is 0 Å². The molecule has 0 spiro atoms. The van der Waals surface area contributed by atoms with Gasteiger partial charge in [-0.25, -0.2) is 4.99 Å². The standard InChI is InChI=1S/C21H36N4O.HI/c1-4-22-21(23-11-5-6-18(2)3)24-16-19-7-9-20(10-8-19)17-25-12-14-26-15-13-25;/h7-10,18H,4-6,11-17H2,1-3H3,(H2,22,23,24);1H. The largest absolute Gasteiger partial charge is 0.379 e. The number of aliphatic imine (C=N–C) groups is 1. The van der Waals surface area contributed by atoms with Crippen LogP contribution in [0.15, 0.2) is 29.3 Å². The normalized spacial score (nSPS) is 15.5. The molecule has 0 amide bonds. The highest BCUT2D eigenvalue weighted by molar-refractivity contribution is 14.0. The summed E-state index contributed by atoms with van der Waals surface area (Å²) in [7, 11) is 0. The first-order valence-corrected chi connectivity index (χ1v) is 10.1. The lowest BCUT2D eigenvalue weighted by atomic mass is 10.1. The van der Waals surface area contributed by atoms with Crippen LogP contribution in [0.1, 0.15) is 44.7 Å². The number of halogens is 1. The van der Waals surface area contributed by atoms with Gasteiger partial charge in [-0.1, -0.05) is 38.1 Å². The van der Waals surface area contributed by atoms with E-state index in [9.17, 15) is 0 Å². The Balaban J connectivity index is 0.00000364. The van der Waals surface area contributed by atoms with Gasteiger partial charge < -0.3 is 15.4 Å². The second-order valence-electron chi connectivity index (χ2n) is 7.36. The number of morpholine rings is 1. The summed E-state index contributed by atoms with van der Waals surface area (Å²) in [5.74, 6) is 1.67. The van der Waals surface area contributed by atoms with Gasteiger partial charge in [-0.15, -0.1) is 24.0 Å². The summed E-state index contributed by atoms with van der Waals surface area (Å²) < 4.78 is 5.41. The Labute approximate surface area is 182 Å².